The maximum absolute atomic E-state index is 12.2. The quantitative estimate of drug-likeness (QED) is 0.903. The van der Waals surface area contributed by atoms with Crippen molar-refractivity contribution in [1.29, 1.82) is 0 Å². The molecule has 2 heterocycles. The molecule has 0 radical (unpaired) electrons. The zero-order valence-corrected chi connectivity index (χ0v) is 13.8. The Morgan fingerprint density at radius 1 is 1.57 bits per heavy atom. The molecule has 1 saturated heterocycles. The van der Waals surface area contributed by atoms with Gasteiger partial charge in [0.2, 0.25) is 5.91 Å². The highest BCUT2D eigenvalue weighted by Gasteiger charge is 2.38. The third-order valence-electron chi connectivity index (χ3n) is 3.41. The fourth-order valence-corrected chi connectivity index (χ4v) is 3.44. The molecule has 1 aliphatic heterocycles. The average Bonchev–Trinajstić information content (AvgIpc) is 2.75. The van der Waals surface area contributed by atoms with Crippen LogP contribution in [0.25, 0.3) is 0 Å². The second kappa shape index (κ2) is 6.27. The van der Waals surface area contributed by atoms with Crippen LogP contribution in [0.2, 0.25) is 0 Å². The van der Waals surface area contributed by atoms with E-state index in [1.165, 1.54) is 0 Å². The smallest absolute Gasteiger partial charge is 0.244 e. The van der Waals surface area contributed by atoms with Gasteiger partial charge in [-0.15, -0.1) is 0 Å². The summed E-state index contributed by atoms with van der Waals surface area (Å²) in [6, 6.07) is 1.41. The topological polar surface area (TPSA) is 75.4 Å². The minimum Gasteiger partial charge on any atom is -0.359 e. The van der Waals surface area contributed by atoms with Gasteiger partial charge in [0, 0.05) is 23.8 Å². The number of nitrogens with one attached hydrogen (secondary N) is 1. The van der Waals surface area contributed by atoms with E-state index in [9.17, 15) is 9.00 Å². The fourth-order valence-electron chi connectivity index (χ4n) is 2.06. The summed E-state index contributed by atoms with van der Waals surface area (Å²) in [6.07, 6.45) is 1.57. The van der Waals surface area contributed by atoms with Crippen molar-refractivity contribution < 1.29 is 13.5 Å². The summed E-state index contributed by atoms with van der Waals surface area (Å²) in [4.78, 5) is 12.2. The number of anilines is 1. The van der Waals surface area contributed by atoms with Crippen LogP contribution in [-0.4, -0.2) is 37.9 Å². The molecule has 2 unspecified atom stereocenters. The summed E-state index contributed by atoms with van der Waals surface area (Å²) >= 11 is 0. The summed E-state index contributed by atoms with van der Waals surface area (Å²) in [5.74, 6) is 1.57. The molecule has 1 N–H and O–H groups in total. The van der Waals surface area contributed by atoms with Crippen molar-refractivity contribution in [2.45, 2.75) is 52.0 Å². The number of hydrogen-bond acceptors (Lipinski definition) is 4. The molecular formula is C14H23N3O3S. The Morgan fingerprint density at radius 3 is 2.76 bits per heavy atom. The van der Waals surface area contributed by atoms with Crippen LogP contribution in [0.5, 0.6) is 0 Å². The number of rotatable bonds is 5. The average molecular weight is 313 g/mol. The van der Waals surface area contributed by atoms with Crippen LogP contribution in [0.1, 0.15) is 46.3 Å². The van der Waals surface area contributed by atoms with E-state index in [1.54, 1.807) is 10.4 Å². The van der Waals surface area contributed by atoms with E-state index in [2.05, 4.69) is 10.5 Å². The van der Waals surface area contributed by atoms with Gasteiger partial charge in [-0.1, -0.05) is 32.9 Å². The predicted octanol–water partition coefficient (Wildman–Crippen LogP) is 2.06. The molecule has 2 atom stereocenters. The molecule has 1 aromatic heterocycles. The van der Waals surface area contributed by atoms with Gasteiger partial charge >= 0.3 is 0 Å². The molecular weight excluding hydrogens is 290 g/mol. The highest BCUT2D eigenvalue weighted by Crippen LogP contribution is 2.26. The first-order chi connectivity index (χ1) is 9.82. The predicted molar refractivity (Wildman–Crippen MR) is 82.2 cm³/mol. The molecule has 1 aromatic rings. The van der Waals surface area contributed by atoms with Gasteiger partial charge in [-0.25, -0.2) is 8.51 Å². The van der Waals surface area contributed by atoms with Gasteiger partial charge in [-0.05, 0) is 12.8 Å². The minimum atomic E-state index is -1.07. The summed E-state index contributed by atoms with van der Waals surface area (Å²) in [5.41, 5.74) is -0.152. The normalized spacial score (nSPS) is 20.9. The molecule has 1 fully saturated rings. The monoisotopic (exact) mass is 313 g/mol. The second-order valence-electron chi connectivity index (χ2n) is 6.29. The van der Waals surface area contributed by atoms with Gasteiger partial charge in [0.25, 0.3) is 0 Å². The molecule has 0 bridgehead atoms. The second-order valence-corrected chi connectivity index (χ2v) is 7.81. The van der Waals surface area contributed by atoms with Gasteiger partial charge in [0.05, 0.1) is 11.0 Å². The lowest BCUT2D eigenvalue weighted by Gasteiger charge is -2.37. The van der Waals surface area contributed by atoms with Gasteiger partial charge in [0.1, 0.15) is 11.8 Å². The minimum absolute atomic E-state index is 0.152. The molecule has 6 nitrogen and oxygen atoms in total. The molecule has 1 aliphatic rings. The molecule has 2 rings (SSSR count). The van der Waals surface area contributed by atoms with Gasteiger partial charge < -0.3 is 9.84 Å². The first-order valence-electron chi connectivity index (χ1n) is 7.26. The third kappa shape index (κ3) is 3.71. The maximum atomic E-state index is 12.2. The lowest BCUT2D eigenvalue weighted by atomic mass is 9.93. The Labute approximate surface area is 127 Å². The van der Waals surface area contributed by atoms with E-state index in [-0.39, 0.29) is 17.4 Å². The van der Waals surface area contributed by atoms with Crippen molar-refractivity contribution in [3.05, 3.63) is 11.8 Å². The molecule has 7 heteroatoms. The molecule has 0 aliphatic carbocycles. The van der Waals surface area contributed by atoms with Crippen LogP contribution in [-0.2, 0) is 21.2 Å². The zero-order chi connectivity index (χ0) is 15.6. The summed E-state index contributed by atoms with van der Waals surface area (Å²) in [7, 11) is -1.07. The van der Waals surface area contributed by atoms with E-state index in [0.29, 0.717) is 18.1 Å². The molecule has 1 amide bonds. The van der Waals surface area contributed by atoms with Crippen molar-refractivity contribution in [2.75, 3.05) is 17.6 Å². The SMILES string of the molecule is CCCS(=O)N1CCC1C(=O)Nc1cc(C(C)(C)C)on1. The highest BCUT2D eigenvalue weighted by atomic mass is 32.2. The van der Waals surface area contributed by atoms with Crippen molar-refractivity contribution >= 4 is 22.7 Å². The van der Waals surface area contributed by atoms with Gasteiger partial charge in [-0.2, -0.15) is 0 Å². The van der Waals surface area contributed by atoms with Crippen molar-refractivity contribution in [3.63, 3.8) is 0 Å². The van der Waals surface area contributed by atoms with Crippen LogP contribution >= 0.6 is 0 Å². The molecule has 0 saturated carbocycles. The summed E-state index contributed by atoms with van der Waals surface area (Å²) < 4.78 is 18.9. The van der Waals surface area contributed by atoms with Crippen molar-refractivity contribution in [3.8, 4) is 0 Å². The molecule has 0 aromatic carbocycles. The van der Waals surface area contributed by atoms with Gasteiger partial charge in [-0.3, -0.25) is 4.79 Å². The molecule has 21 heavy (non-hydrogen) atoms. The van der Waals surface area contributed by atoms with Crippen molar-refractivity contribution in [1.82, 2.24) is 9.46 Å². The highest BCUT2D eigenvalue weighted by molar-refractivity contribution is 7.82. The Bertz CT molecular complexity index is 536. The third-order valence-corrected chi connectivity index (χ3v) is 5.13. The van der Waals surface area contributed by atoms with E-state index in [1.807, 2.05) is 27.7 Å². The standard InChI is InChI=1S/C14H23N3O3S/c1-5-8-21(19)17-7-6-10(17)13(18)15-12-9-11(20-16-12)14(2,3)4/h9-10H,5-8H2,1-4H3,(H,15,16,18). The number of amides is 1. The van der Waals surface area contributed by atoms with Crippen LogP contribution in [0.3, 0.4) is 0 Å². The Kier molecular flexibility index (Phi) is 4.83. The molecule has 0 spiro atoms. The van der Waals surface area contributed by atoms with E-state index in [4.69, 9.17) is 4.52 Å². The van der Waals surface area contributed by atoms with E-state index >= 15 is 0 Å². The van der Waals surface area contributed by atoms with Crippen LogP contribution in [0.4, 0.5) is 5.82 Å². The van der Waals surface area contributed by atoms with Crippen LogP contribution < -0.4 is 5.32 Å². The Balaban J connectivity index is 1.96. The lowest BCUT2D eigenvalue weighted by molar-refractivity contribution is -0.122. The largest absolute Gasteiger partial charge is 0.359 e. The summed E-state index contributed by atoms with van der Waals surface area (Å²) in [5, 5.41) is 6.61. The van der Waals surface area contributed by atoms with E-state index in [0.717, 1.165) is 18.6 Å². The first kappa shape index (κ1) is 16.2. The first-order valence-corrected chi connectivity index (χ1v) is 8.53. The number of carbonyl (C=O) groups is 1. The number of hydrogen-bond donors (Lipinski definition) is 1. The van der Waals surface area contributed by atoms with Crippen LogP contribution in [0, 0.1) is 0 Å². The van der Waals surface area contributed by atoms with Crippen LogP contribution in [0.15, 0.2) is 10.6 Å². The fraction of sp³-hybridized carbons (Fsp3) is 0.714. The molecule has 118 valence electrons. The number of aromatic nitrogens is 1. The Morgan fingerprint density at radius 2 is 2.29 bits per heavy atom. The Hall–Kier alpha value is -1.21. The summed E-state index contributed by atoms with van der Waals surface area (Å²) in [6.45, 7) is 8.73. The maximum Gasteiger partial charge on any atom is 0.244 e. The lowest BCUT2D eigenvalue weighted by Crippen LogP contribution is -2.55. The zero-order valence-electron chi connectivity index (χ0n) is 13.0. The van der Waals surface area contributed by atoms with Gasteiger partial charge in [0.15, 0.2) is 5.82 Å². The number of nitrogens with zero attached hydrogens (tertiary/aromatic N) is 2. The van der Waals surface area contributed by atoms with Crippen molar-refractivity contribution in [2.24, 2.45) is 0 Å². The van der Waals surface area contributed by atoms with E-state index < -0.39 is 11.0 Å². The number of carbonyl (C=O) groups excluding carboxylic acids is 1.